The summed E-state index contributed by atoms with van der Waals surface area (Å²) in [4.78, 5) is 18.1. The fourth-order valence-electron chi connectivity index (χ4n) is 1.85. The maximum atomic E-state index is 11.3. The standard InChI is InChI=1S/C10H14N2OS/c1-2-14-9-7-5-3-4-6-8(7)11-10(13)12-9/h2-6H2,1H3,(H,11,12,13). The molecule has 0 amide bonds. The van der Waals surface area contributed by atoms with Crippen LogP contribution in [0.1, 0.15) is 31.0 Å². The van der Waals surface area contributed by atoms with Crippen molar-refractivity contribution in [2.75, 3.05) is 5.75 Å². The van der Waals surface area contributed by atoms with Crippen molar-refractivity contribution < 1.29 is 0 Å². The van der Waals surface area contributed by atoms with Crippen molar-refractivity contribution in [3.63, 3.8) is 0 Å². The summed E-state index contributed by atoms with van der Waals surface area (Å²) >= 11 is 1.67. The fraction of sp³-hybridized carbons (Fsp3) is 0.600. The predicted molar refractivity (Wildman–Crippen MR) is 57.9 cm³/mol. The minimum atomic E-state index is -0.193. The molecule has 0 aliphatic heterocycles. The summed E-state index contributed by atoms with van der Waals surface area (Å²) < 4.78 is 0. The summed E-state index contributed by atoms with van der Waals surface area (Å²) in [6, 6.07) is 0. The Morgan fingerprint density at radius 2 is 2.21 bits per heavy atom. The summed E-state index contributed by atoms with van der Waals surface area (Å²) in [7, 11) is 0. The molecule has 0 fully saturated rings. The molecule has 3 nitrogen and oxygen atoms in total. The number of aromatic amines is 1. The van der Waals surface area contributed by atoms with E-state index in [0.717, 1.165) is 29.3 Å². The van der Waals surface area contributed by atoms with Crippen LogP contribution in [0.3, 0.4) is 0 Å². The van der Waals surface area contributed by atoms with E-state index in [1.54, 1.807) is 11.8 Å². The van der Waals surface area contributed by atoms with Crippen LogP contribution in [0.25, 0.3) is 0 Å². The van der Waals surface area contributed by atoms with Crippen molar-refractivity contribution in [3.8, 4) is 0 Å². The molecular formula is C10H14N2OS. The van der Waals surface area contributed by atoms with Crippen molar-refractivity contribution in [1.82, 2.24) is 9.97 Å². The van der Waals surface area contributed by atoms with E-state index in [4.69, 9.17) is 0 Å². The van der Waals surface area contributed by atoms with Gasteiger partial charge in [-0.15, -0.1) is 11.8 Å². The largest absolute Gasteiger partial charge is 0.346 e. The third-order valence-electron chi connectivity index (χ3n) is 2.47. The molecule has 1 aliphatic carbocycles. The normalized spacial score (nSPS) is 15.2. The second-order valence-electron chi connectivity index (χ2n) is 3.44. The molecule has 4 heteroatoms. The predicted octanol–water partition coefficient (Wildman–Crippen LogP) is 1.76. The van der Waals surface area contributed by atoms with Crippen LogP contribution in [0.15, 0.2) is 9.82 Å². The first-order chi connectivity index (χ1) is 6.81. The average Bonchev–Trinajstić information content (AvgIpc) is 2.18. The smallest absolute Gasteiger partial charge is 0.309 e. The van der Waals surface area contributed by atoms with Crippen LogP contribution >= 0.6 is 11.8 Å². The van der Waals surface area contributed by atoms with Crippen LogP contribution in [0.5, 0.6) is 0 Å². The molecule has 0 atom stereocenters. The average molecular weight is 210 g/mol. The van der Waals surface area contributed by atoms with Gasteiger partial charge in [-0.05, 0) is 31.4 Å². The van der Waals surface area contributed by atoms with Crippen molar-refractivity contribution in [1.29, 1.82) is 0 Å². The zero-order chi connectivity index (χ0) is 9.97. The summed E-state index contributed by atoms with van der Waals surface area (Å²) in [6.07, 6.45) is 4.48. The number of aryl methyl sites for hydroxylation is 1. The van der Waals surface area contributed by atoms with Crippen LogP contribution in [-0.4, -0.2) is 15.7 Å². The third kappa shape index (κ3) is 1.85. The Morgan fingerprint density at radius 1 is 1.43 bits per heavy atom. The molecule has 0 radical (unpaired) electrons. The van der Waals surface area contributed by atoms with Gasteiger partial charge in [0.05, 0.1) is 0 Å². The monoisotopic (exact) mass is 210 g/mol. The van der Waals surface area contributed by atoms with Gasteiger partial charge < -0.3 is 4.98 Å². The quantitative estimate of drug-likeness (QED) is 0.597. The van der Waals surface area contributed by atoms with Gasteiger partial charge in [-0.25, -0.2) is 4.79 Å². The Bertz CT molecular complexity index is 386. The highest BCUT2D eigenvalue weighted by Gasteiger charge is 2.15. The highest BCUT2D eigenvalue weighted by Crippen LogP contribution is 2.26. The van der Waals surface area contributed by atoms with E-state index >= 15 is 0 Å². The van der Waals surface area contributed by atoms with Crippen molar-refractivity contribution in [2.45, 2.75) is 37.6 Å². The lowest BCUT2D eigenvalue weighted by molar-refractivity contribution is 0.639. The maximum Gasteiger partial charge on any atom is 0.346 e. The SMILES string of the molecule is CCSc1nc(=O)[nH]c2c1CCCC2. The maximum absolute atomic E-state index is 11.3. The van der Waals surface area contributed by atoms with Gasteiger partial charge in [0, 0.05) is 11.3 Å². The molecule has 0 saturated heterocycles. The molecule has 1 aromatic rings. The minimum Gasteiger partial charge on any atom is -0.309 e. The molecular weight excluding hydrogens is 196 g/mol. The van der Waals surface area contributed by atoms with Crippen LogP contribution < -0.4 is 5.69 Å². The van der Waals surface area contributed by atoms with Gasteiger partial charge in [0.2, 0.25) is 0 Å². The Kier molecular flexibility index (Phi) is 2.91. The van der Waals surface area contributed by atoms with Gasteiger partial charge in [-0.2, -0.15) is 4.98 Å². The summed E-state index contributed by atoms with van der Waals surface area (Å²) in [5.41, 5.74) is 2.21. The first kappa shape index (κ1) is 9.77. The van der Waals surface area contributed by atoms with Crippen molar-refractivity contribution >= 4 is 11.8 Å². The number of thioether (sulfide) groups is 1. The van der Waals surface area contributed by atoms with E-state index in [1.807, 2.05) is 0 Å². The lowest BCUT2D eigenvalue weighted by Crippen LogP contribution is -2.19. The minimum absolute atomic E-state index is 0.193. The lowest BCUT2D eigenvalue weighted by atomic mass is 9.98. The van der Waals surface area contributed by atoms with Crippen LogP contribution in [0, 0.1) is 0 Å². The number of aromatic nitrogens is 2. The second kappa shape index (κ2) is 4.17. The Balaban J connectivity index is 2.47. The molecule has 0 aromatic carbocycles. The molecule has 76 valence electrons. The first-order valence-electron chi connectivity index (χ1n) is 5.06. The van der Waals surface area contributed by atoms with E-state index in [1.165, 1.54) is 18.4 Å². The molecule has 0 bridgehead atoms. The second-order valence-corrected chi connectivity index (χ2v) is 4.70. The number of fused-ring (bicyclic) bond motifs is 1. The first-order valence-corrected chi connectivity index (χ1v) is 6.04. The Labute approximate surface area is 87.3 Å². The van der Waals surface area contributed by atoms with Gasteiger partial charge >= 0.3 is 5.69 Å². The number of rotatable bonds is 2. The highest BCUT2D eigenvalue weighted by atomic mass is 32.2. The van der Waals surface area contributed by atoms with E-state index in [0.29, 0.717) is 0 Å². The lowest BCUT2D eigenvalue weighted by Gasteiger charge is -2.16. The summed E-state index contributed by atoms with van der Waals surface area (Å²) in [6.45, 7) is 2.09. The van der Waals surface area contributed by atoms with Crippen LogP contribution in [-0.2, 0) is 12.8 Å². The molecule has 0 spiro atoms. The molecule has 1 heterocycles. The number of H-pyrrole nitrogens is 1. The molecule has 1 aromatic heterocycles. The Morgan fingerprint density at radius 3 is 3.00 bits per heavy atom. The zero-order valence-electron chi connectivity index (χ0n) is 8.30. The molecule has 0 unspecified atom stereocenters. The number of hydrogen-bond acceptors (Lipinski definition) is 3. The van der Waals surface area contributed by atoms with Gasteiger partial charge in [-0.1, -0.05) is 6.92 Å². The zero-order valence-corrected chi connectivity index (χ0v) is 9.12. The summed E-state index contributed by atoms with van der Waals surface area (Å²) in [5.74, 6) is 0.975. The Hall–Kier alpha value is -0.770. The van der Waals surface area contributed by atoms with Gasteiger partial charge in [0.25, 0.3) is 0 Å². The molecule has 1 N–H and O–H groups in total. The van der Waals surface area contributed by atoms with E-state index in [-0.39, 0.29) is 5.69 Å². The van der Waals surface area contributed by atoms with Crippen molar-refractivity contribution in [3.05, 3.63) is 21.7 Å². The molecule has 2 rings (SSSR count). The highest BCUT2D eigenvalue weighted by molar-refractivity contribution is 7.99. The molecule has 0 saturated carbocycles. The van der Waals surface area contributed by atoms with E-state index in [9.17, 15) is 4.79 Å². The molecule has 1 aliphatic rings. The number of hydrogen-bond donors (Lipinski definition) is 1. The van der Waals surface area contributed by atoms with E-state index < -0.39 is 0 Å². The van der Waals surface area contributed by atoms with Crippen molar-refractivity contribution in [2.24, 2.45) is 0 Å². The van der Waals surface area contributed by atoms with E-state index in [2.05, 4.69) is 16.9 Å². The van der Waals surface area contributed by atoms with Crippen LogP contribution in [0.4, 0.5) is 0 Å². The number of nitrogens with zero attached hydrogens (tertiary/aromatic N) is 1. The fourth-order valence-corrected chi connectivity index (χ4v) is 2.67. The van der Waals surface area contributed by atoms with Gasteiger partial charge in [-0.3, -0.25) is 0 Å². The van der Waals surface area contributed by atoms with Gasteiger partial charge in [0.15, 0.2) is 0 Å². The summed E-state index contributed by atoms with van der Waals surface area (Å²) in [5, 5.41) is 0.950. The van der Waals surface area contributed by atoms with Crippen LogP contribution in [0.2, 0.25) is 0 Å². The van der Waals surface area contributed by atoms with Gasteiger partial charge in [0.1, 0.15) is 5.03 Å². The third-order valence-corrected chi connectivity index (χ3v) is 3.37. The number of nitrogens with one attached hydrogen (secondary N) is 1. The molecule has 14 heavy (non-hydrogen) atoms. The topological polar surface area (TPSA) is 45.8 Å².